The lowest BCUT2D eigenvalue weighted by molar-refractivity contribution is 0.239. The molecule has 0 radical (unpaired) electrons. The molecule has 3 nitrogen and oxygen atoms in total. The summed E-state index contributed by atoms with van der Waals surface area (Å²) in [5.74, 6) is 0.606. The largest absolute Gasteiger partial charge is 0.497 e. The fourth-order valence-corrected chi connectivity index (χ4v) is 2.78. The average Bonchev–Trinajstić information content (AvgIpc) is 2.88. The van der Waals surface area contributed by atoms with E-state index in [1.54, 1.807) is 13.2 Å². The van der Waals surface area contributed by atoms with Gasteiger partial charge in [-0.2, -0.15) is 0 Å². The Morgan fingerprint density at radius 2 is 1.86 bits per heavy atom. The highest BCUT2D eigenvalue weighted by Crippen LogP contribution is 2.42. The highest BCUT2D eigenvalue weighted by Gasteiger charge is 2.34. The van der Waals surface area contributed by atoms with Crippen LogP contribution < -0.4 is 10.2 Å². The molecule has 1 atom stereocenters. The van der Waals surface area contributed by atoms with Crippen LogP contribution in [0.1, 0.15) is 31.0 Å². The zero-order valence-electron chi connectivity index (χ0n) is 12.4. The van der Waals surface area contributed by atoms with E-state index in [0.717, 1.165) is 16.9 Å². The minimum absolute atomic E-state index is 0.00149. The maximum Gasteiger partial charge on any atom is 0.147 e. The van der Waals surface area contributed by atoms with E-state index in [1.165, 1.54) is 6.07 Å². The molecule has 1 aliphatic heterocycles. The van der Waals surface area contributed by atoms with Crippen molar-refractivity contribution in [1.82, 2.24) is 5.01 Å². The number of ether oxygens (including phenoxy) is 1. The van der Waals surface area contributed by atoms with Gasteiger partial charge in [-0.1, -0.05) is 24.3 Å². The first-order valence-electron chi connectivity index (χ1n) is 7.09. The molecule has 0 bridgehead atoms. The van der Waals surface area contributed by atoms with Crippen molar-refractivity contribution in [3.63, 3.8) is 0 Å². The number of hydrazine groups is 1. The van der Waals surface area contributed by atoms with Gasteiger partial charge in [-0.05, 0) is 37.6 Å². The lowest BCUT2D eigenvalue weighted by Crippen LogP contribution is -2.35. The fourth-order valence-electron chi connectivity index (χ4n) is 2.78. The molecular formula is C17H19FN2O. The molecule has 2 aromatic rings. The van der Waals surface area contributed by atoms with Crippen molar-refractivity contribution in [3.8, 4) is 5.75 Å². The van der Waals surface area contributed by atoms with Crippen LogP contribution in [0.15, 0.2) is 42.5 Å². The van der Waals surface area contributed by atoms with Gasteiger partial charge in [0, 0.05) is 11.6 Å². The summed E-state index contributed by atoms with van der Waals surface area (Å²) in [4.78, 5) is 0. The summed E-state index contributed by atoms with van der Waals surface area (Å²) in [7, 11) is 1.65. The van der Waals surface area contributed by atoms with Crippen LogP contribution in [0, 0.1) is 5.82 Å². The lowest BCUT2D eigenvalue weighted by atomic mass is 9.97. The third kappa shape index (κ3) is 2.36. The van der Waals surface area contributed by atoms with Crippen molar-refractivity contribution >= 4 is 5.69 Å². The minimum atomic E-state index is -0.214. The molecule has 1 N–H and O–H groups in total. The molecule has 0 spiro atoms. The Balaban J connectivity index is 2.07. The Morgan fingerprint density at radius 3 is 2.48 bits per heavy atom. The normalized spacial score (nSPS) is 17.7. The first-order chi connectivity index (χ1) is 10.1. The molecule has 1 aliphatic rings. The summed E-state index contributed by atoms with van der Waals surface area (Å²) in [5.41, 5.74) is 5.86. The average molecular weight is 286 g/mol. The quantitative estimate of drug-likeness (QED) is 0.924. The van der Waals surface area contributed by atoms with Gasteiger partial charge < -0.3 is 10.2 Å². The van der Waals surface area contributed by atoms with Crippen molar-refractivity contribution in [2.75, 3.05) is 12.5 Å². The Labute approximate surface area is 124 Å². The van der Waals surface area contributed by atoms with Gasteiger partial charge in [0.05, 0.1) is 18.8 Å². The molecule has 3 rings (SSSR count). The summed E-state index contributed by atoms with van der Waals surface area (Å²) in [6.07, 6.45) is 0. The monoisotopic (exact) mass is 286 g/mol. The van der Waals surface area contributed by atoms with Gasteiger partial charge in [-0.3, -0.25) is 0 Å². The van der Waals surface area contributed by atoms with Gasteiger partial charge in [0.1, 0.15) is 11.6 Å². The van der Waals surface area contributed by atoms with Gasteiger partial charge in [-0.15, -0.1) is 0 Å². The zero-order valence-corrected chi connectivity index (χ0v) is 12.4. The molecule has 1 unspecified atom stereocenters. The number of anilines is 1. The Kier molecular flexibility index (Phi) is 3.55. The van der Waals surface area contributed by atoms with E-state index in [4.69, 9.17) is 4.74 Å². The number of hydrogen-bond acceptors (Lipinski definition) is 3. The van der Waals surface area contributed by atoms with E-state index in [2.05, 4.69) is 24.3 Å². The molecular weight excluding hydrogens is 267 g/mol. The Hall–Kier alpha value is -2.07. The Morgan fingerprint density at radius 1 is 1.14 bits per heavy atom. The molecule has 110 valence electrons. The number of fused-ring (bicyclic) bond motifs is 1. The summed E-state index contributed by atoms with van der Waals surface area (Å²) in [6.45, 7) is 4.18. The SMILES string of the molecule is COc1ccc(C2c3cccc(F)c3NN2C(C)C)cc1. The van der Waals surface area contributed by atoms with Gasteiger partial charge in [-0.25, -0.2) is 9.40 Å². The second kappa shape index (κ2) is 5.37. The van der Waals surface area contributed by atoms with Crippen LogP contribution in [-0.4, -0.2) is 18.2 Å². The Bertz CT molecular complexity index is 640. The van der Waals surface area contributed by atoms with E-state index in [0.29, 0.717) is 5.69 Å². The number of benzene rings is 2. The van der Waals surface area contributed by atoms with Crippen molar-refractivity contribution in [2.24, 2.45) is 0 Å². The number of methoxy groups -OCH3 is 1. The second-order valence-corrected chi connectivity index (χ2v) is 5.49. The maximum absolute atomic E-state index is 14.0. The predicted molar refractivity (Wildman–Crippen MR) is 81.8 cm³/mol. The molecule has 4 heteroatoms. The molecule has 0 saturated carbocycles. The predicted octanol–water partition coefficient (Wildman–Crippen LogP) is 3.97. The first-order valence-corrected chi connectivity index (χ1v) is 7.09. The van der Waals surface area contributed by atoms with Crippen molar-refractivity contribution in [2.45, 2.75) is 25.9 Å². The lowest BCUT2D eigenvalue weighted by Gasteiger charge is -2.28. The number of para-hydroxylation sites is 1. The number of rotatable bonds is 3. The summed E-state index contributed by atoms with van der Waals surface area (Å²) >= 11 is 0. The molecule has 1 heterocycles. The van der Waals surface area contributed by atoms with E-state index in [-0.39, 0.29) is 17.9 Å². The van der Waals surface area contributed by atoms with Crippen LogP contribution in [-0.2, 0) is 0 Å². The zero-order chi connectivity index (χ0) is 15.0. The number of hydrogen-bond donors (Lipinski definition) is 1. The molecule has 2 aromatic carbocycles. The first kappa shape index (κ1) is 13.9. The van der Waals surface area contributed by atoms with Gasteiger partial charge >= 0.3 is 0 Å². The third-order valence-corrected chi connectivity index (χ3v) is 3.85. The minimum Gasteiger partial charge on any atom is -0.497 e. The van der Waals surface area contributed by atoms with E-state index < -0.39 is 0 Å². The molecule has 0 fully saturated rings. The highest BCUT2D eigenvalue weighted by molar-refractivity contribution is 5.60. The van der Waals surface area contributed by atoms with E-state index >= 15 is 0 Å². The van der Waals surface area contributed by atoms with Crippen LogP contribution in [0.25, 0.3) is 0 Å². The van der Waals surface area contributed by atoms with Crippen molar-refractivity contribution in [1.29, 1.82) is 0 Å². The van der Waals surface area contributed by atoms with E-state index in [9.17, 15) is 4.39 Å². The van der Waals surface area contributed by atoms with Crippen LogP contribution in [0.2, 0.25) is 0 Å². The van der Waals surface area contributed by atoms with Crippen LogP contribution in [0.4, 0.5) is 10.1 Å². The number of halogens is 1. The molecule has 0 saturated heterocycles. The summed E-state index contributed by atoms with van der Waals surface area (Å²) in [6, 6.07) is 13.4. The summed E-state index contributed by atoms with van der Waals surface area (Å²) < 4.78 is 19.2. The number of nitrogens with one attached hydrogen (secondary N) is 1. The van der Waals surface area contributed by atoms with Crippen molar-refractivity contribution < 1.29 is 9.13 Å². The van der Waals surface area contributed by atoms with Crippen molar-refractivity contribution in [3.05, 3.63) is 59.4 Å². The maximum atomic E-state index is 14.0. The fraction of sp³-hybridized carbons (Fsp3) is 0.294. The van der Waals surface area contributed by atoms with Crippen LogP contribution in [0.3, 0.4) is 0 Å². The smallest absolute Gasteiger partial charge is 0.147 e. The number of nitrogens with zero attached hydrogens (tertiary/aromatic N) is 1. The highest BCUT2D eigenvalue weighted by atomic mass is 19.1. The van der Waals surface area contributed by atoms with E-state index in [1.807, 2.05) is 30.3 Å². The molecule has 0 aliphatic carbocycles. The summed E-state index contributed by atoms with van der Waals surface area (Å²) in [5, 5.41) is 2.08. The third-order valence-electron chi connectivity index (χ3n) is 3.85. The van der Waals surface area contributed by atoms with Crippen LogP contribution in [0.5, 0.6) is 5.75 Å². The standard InChI is InChI=1S/C17H19FN2O/c1-11(2)20-17(12-7-9-13(21-3)10-8-12)14-5-4-6-15(18)16(14)19-20/h4-11,17,19H,1-3H3. The molecule has 0 aromatic heterocycles. The topological polar surface area (TPSA) is 24.5 Å². The molecule has 21 heavy (non-hydrogen) atoms. The van der Waals surface area contributed by atoms with Gasteiger partial charge in [0.2, 0.25) is 0 Å². The second-order valence-electron chi connectivity index (χ2n) is 5.49. The van der Waals surface area contributed by atoms with Gasteiger partial charge in [0.15, 0.2) is 0 Å². The van der Waals surface area contributed by atoms with Crippen LogP contribution >= 0.6 is 0 Å². The van der Waals surface area contributed by atoms with Gasteiger partial charge in [0.25, 0.3) is 0 Å². The molecule has 0 amide bonds.